The van der Waals surface area contributed by atoms with Gasteiger partial charge in [0, 0.05) is 23.9 Å². The highest BCUT2D eigenvalue weighted by Crippen LogP contribution is 2.48. The Kier molecular flexibility index (Phi) is 3.24. The first kappa shape index (κ1) is 14.3. The predicted octanol–water partition coefficient (Wildman–Crippen LogP) is 3.85. The summed E-state index contributed by atoms with van der Waals surface area (Å²) in [6.45, 7) is 1.26. The normalized spacial score (nSPS) is 17.3. The Morgan fingerprint density at radius 2 is 1.96 bits per heavy atom. The number of aromatic nitrogens is 1. The maximum atomic E-state index is 5.51. The van der Waals surface area contributed by atoms with Gasteiger partial charge in [0.1, 0.15) is 0 Å². The van der Waals surface area contributed by atoms with E-state index in [1.807, 2.05) is 6.07 Å². The average Bonchev–Trinajstić information content (AvgIpc) is 3.07. The lowest BCUT2D eigenvalue weighted by Gasteiger charge is -2.18. The lowest BCUT2D eigenvalue weighted by atomic mass is 10.0. The summed E-state index contributed by atoms with van der Waals surface area (Å²) in [5, 5.41) is 5.04. The van der Waals surface area contributed by atoms with Crippen LogP contribution in [0.5, 0.6) is 11.5 Å². The van der Waals surface area contributed by atoms with Gasteiger partial charge in [-0.2, -0.15) is 4.37 Å². The molecule has 0 radical (unpaired) electrons. The number of hydrogen-bond acceptors (Lipinski definition) is 5. The summed E-state index contributed by atoms with van der Waals surface area (Å²) in [5.74, 6) is 1.72. The van der Waals surface area contributed by atoms with Gasteiger partial charge in [0.2, 0.25) is 6.79 Å². The van der Waals surface area contributed by atoms with Gasteiger partial charge in [0.05, 0.1) is 10.4 Å². The van der Waals surface area contributed by atoms with Gasteiger partial charge < -0.3 is 14.8 Å². The quantitative estimate of drug-likeness (QED) is 0.767. The molecule has 0 unspecified atom stereocenters. The van der Waals surface area contributed by atoms with Crippen LogP contribution in [0.25, 0.3) is 10.1 Å². The van der Waals surface area contributed by atoms with E-state index in [0.29, 0.717) is 6.79 Å². The van der Waals surface area contributed by atoms with E-state index in [-0.39, 0.29) is 5.54 Å². The molecule has 1 aliphatic carbocycles. The molecule has 5 rings (SSSR count). The van der Waals surface area contributed by atoms with Crippen LogP contribution in [0, 0.1) is 0 Å². The van der Waals surface area contributed by atoms with Crippen LogP contribution in [0.15, 0.2) is 42.5 Å². The van der Waals surface area contributed by atoms with Gasteiger partial charge in [0.25, 0.3) is 0 Å². The van der Waals surface area contributed by atoms with E-state index in [1.54, 1.807) is 11.5 Å². The van der Waals surface area contributed by atoms with Crippen LogP contribution < -0.4 is 14.8 Å². The highest BCUT2D eigenvalue weighted by molar-refractivity contribution is 7.13. The highest BCUT2D eigenvalue weighted by atomic mass is 32.1. The van der Waals surface area contributed by atoms with Gasteiger partial charge in [-0.25, -0.2) is 0 Å². The van der Waals surface area contributed by atoms with E-state index >= 15 is 0 Å². The van der Waals surface area contributed by atoms with Crippen LogP contribution in [0.2, 0.25) is 0 Å². The van der Waals surface area contributed by atoms with Crippen LogP contribution >= 0.6 is 11.5 Å². The van der Waals surface area contributed by atoms with Crippen molar-refractivity contribution in [1.82, 2.24) is 9.69 Å². The maximum absolute atomic E-state index is 5.51. The van der Waals surface area contributed by atoms with Gasteiger partial charge in [-0.3, -0.25) is 0 Å². The van der Waals surface area contributed by atoms with E-state index < -0.39 is 0 Å². The number of nitrogens with zero attached hydrogens (tertiary/aromatic N) is 1. The van der Waals surface area contributed by atoms with Crippen molar-refractivity contribution in [2.45, 2.75) is 24.8 Å². The zero-order chi connectivity index (χ0) is 16.0. The summed E-state index contributed by atoms with van der Waals surface area (Å²) < 4.78 is 16.8. The van der Waals surface area contributed by atoms with Crippen LogP contribution in [-0.2, 0) is 12.0 Å². The number of benzene rings is 2. The van der Waals surface area contributed by atoms with Crippen molar-refractivity contribution in [1.29, 1.82) is 0 Å². The third kappa shape index (κ3) is 2.36. The highest BCUT2D eigenvalue weighted by Gasteiger charge is 2.44. The van der Waals surface area contributed by atoms with Crippen molar-refractivity contribution in [2.75, 3.05) is 13.3 Å². The van der Waals surface area contributed by atoms with Gasteiger partial charge in [0.15, 0.2) is 11.5 Å². The molecule has 0 saturated heterocycles. The Morgan fingerprint density at radius 1 is 1.08 bits per heavy atom. The third-order valence-corrected chi connectivity index (χ3v) is 5.82. The summed E-state index contributed by atoms with van der Waals surface area (Å²) in [6.07, 6.45) is 3.30. The second-order valence-electron chi connectivity index (χ2n) is 6.45. The summed E-state index contributed by atoms with van der Waals surface area (Å²) >= 11 is 1.59. The van der Waals surface area contributed by atoms with Gasteiger partial charge in [-0.05, 0) is 48.1 Å². The second kappa shape index (κ2) is 5.46. The smallest absolute Gasteiger partial charge is 0.231 e. The van der Waals surface area contributed by atoms with Gasteiger partial charge in [-0.1, -0.05) is 24.3 Å². The molecule has 1 fully saturated rings. The fourth-order valence-electron chi connectivity index (χ4n) is 3.43. The van der Waals surface area contributed by atoms with E-state index in [2.05, 4.69) is 46.1 Å². The third-order valence-electron chi connectivity index (χ3n) is 4.95. The van der Waals surface area contributed by atoms with Crippen molar-refractivity contribution in [3.05, 3.63) is 53.7 Å². The van der Waals surface area contributed by atoms with Crippen molar-refractivity contribution in [2.24, 2.45) is 0 Å². The largest absolute Gasteiger partial charge is 0.454 e. The molecule has 1 aliphatic heterocycles. The van der Waals surface area contributed by atoms with Crippen molar-refractivity contribution < 1.29 is 9.47 Å². The molecule has 3 aromatic rings. The minimum atomic E-state index is 0.104. The minimum Gasteiger partial charge on any atom is -0.454 e. The topological polar surface area (TPSA) is 43.4 Å². The molecule has 0 amide bonds. The fraction of sp³-hybridized carbons (Fsp3) is 0.316. The molecule has 24 heavy (non-hydrogen) atoms. The zero-order valence-electron chi connectivity index (χ0n) is 13.2. The van der Waals surface area contributed by atoms with Gasteiger partial charge >= 0.3 is 0 Å². The molecule has 1 saturated carbocycles. The molecule has 0 atom stereocenters. The first-order valence-electron chi connectivity index (χ1n) is 8.33. The summed E-state index contributed by atoms with van der Waals surface area (Å²) in [6, 6.07) is 14.8. The molecule has 2 aliphatic rings. The molecule has 2 aromatic carbocycles. The predicted molar refractivity (Wildman–Crippen MR) is 94.8 cm³/mol. The Bertz CT molecular complexity index is 901. The number of ether oxygens (including phenoxy) is 2. The van der Waals surface area contributed by atoms with Crippen LogP contribution in [0.3, 0.4) is 0 Å². The number of rotatable bonds is 5. The number of fused-ring (bicyclic) bond motifs is 2. The van der Waals surface area contributed by atoms with E-state index in [9.17, 15) is 0 Å². The Balaban J connectivity index is 1.29. The van der Waals surface area contributed by atoms with E-state index in [1.165, 1.54) is 34.2 Å². The van der Waals surface area contributed by atoms with Gasteiger partial charge in [-0.15, -0.1) is 0 Å². The molecule has 0 bridgehead atoms. The zero-order valence-corrected chi connectivity index (χ0v) is 14.1. The van der Waals surface area contributed by atoms with Crippen LogP contribution in [0.4, 0.5) is 0 Å². The standard InChI is InChI=1S/C19H18N2O2S/c1-2-4-18-14(3-1)15(21-24-18)7-10-20-19(8-9-19)13-5-6-16-17(11-13)23-12-22-16/h1-6,11,20H,7-10,12H2. The Labute approximate surface area is 144 Å². The lowest BCUT2D eigenvalue weighted by molar-refractivity contribution is 0.174. The Morgan fingerprint density at radius 3 is 2.88 bits per heavy atom. The molecule has 1 N–H and O–H groups in total. The molecule has 5 heteroatoms. The van der Waals surface area contributed by atoms with Crippen molar-refractivity contribution >= 4 is 21.6 Å². The molecular formula is C19H18N2O2S. The fourth-order valence-corrected chi connectivity index (χ4v) is 4.25. The molecular weight excluding hydrogens is 320 g/mol. The van der Waals surface area contributed by atoms with Crippen molar-refractivity contribution in [3.8, 4) is 11.5 Å². The number of nitrogens with one attached hydrogen (secondary N) is 1. The van der Waals surface area contributed by atoms with Crippen LogP contribution in [0.1, 0.15) is 24.1 Å². The first-order chi connectivity index (χ1) is 11.8. The van der Waals surface area contributed by atoms with E-state index in [0.717, 1.165) is 24.5 Å². The van der Waals surface area contributed by atoms with Crippen LogP contribution in [-0.4, -0.2) is 17.7 Å². The first-order valence-corrected chi connectivity index (χ1v) is 9.10. The van der Waals surface area contributed by atoms with Crippen molar-refractivity contribution in [3.63, 3.8) is 0 Å². The minimum absolute atomic E-state index is 0.104. The molecule has 122 valence electrons. The SMILES string of the molecule is c1ccc2c(CCNC3(c4ccc5c(c4)OCO5)CC3)nsc2c1. The molecule has 4 nitrogen and oxygen atoms in total. The Hall–Kier alpha value is -2.11. The summed E-state index contributed by atoms with van der Waals surface area (Å²) in [5.41, 5.74) is 2.60. The summed E-state index contributed by atoms with van der Waals surface area (Å²) in [4.78, 5) is 0. The molecule has 2 heterocycles. The average molecular weight is 338 g/mol. The summed E-state index contributed by atoms with van der Waals surface area (Å²) in [7, 11) is 0. The molecule has 1 aromatic heterocycles. The number of hydrogen-bond donors (Lipinski definition) is 1. The second-order valence-corrected chi connectivity index (χ2v) is 7.26. The van der Waals surface area contributed by atoms with E-state index in [4.69, 9.17) is 9.47 Å². The lowest BCUT2D eigenvalue weighted by Crippen LogP contribution is -2.30. The molecule has 0 spiro atoms. The monoisotopic (exact) mass is 338 g/mol. The maximum Gasteiger partial charge on any atom is 0.231 e.